The minimum atomic E-state index is -0.633. The van der Waals surface area contributed by atoms with Crippen molar-refractivity contribution in [3.63, 3.8) is 0 Å². The first-order valence-electron chi connectivity index (χ1n) is 10.1. The summed E-state index contributed by atoms with van der Waals surface area (Å²) in [5, 5.41) is 20.2. The number of unbranched alkanes of at least 4 members (excludes halogenated alkanes) is 5. The van der Waals surface area contributed by atoms with E-state index in [1.54, 1.807) is 6.08 Å². The molecule has 1 rings (SSSR count). The average Bonchev–Trinajstić information content (AvgIpc) is 2.89. The lowest BCUT2D eigenvalue weighted by Crippen LogP contribution is -2.19. The molecule has 5 nitrogen and oxygen atoms in total. The minimum Gasteiger partial charge on any atom is -0.469 e. The number of rotatable bonds is 13. The van der Waals surface area contributed by atoms with Gasteiger partial charge in [0.2, 0.25) is 0 Å². The number of aliphatic hydroxyl groups excluding tert-OH is 2. The van der Waals surface area contributed by atoms with Gasteiger partial charge >= 0.3 is 5.97 Å². The van der Waals surface area contributed by atoms with Crippen molar-refractivity contribution in [2.45, 2.75) is 89.8 Å². The second kappa shape index (κ2) is 13.0. The Morgan fingerprint density at radius 3 is 2.65 bits per heavy atom. The van der Waals surface area contributed by atoms with Crippen LogP contribution < -0.4 is 0 Å². The summed E-state index contributed by atoms with van der Waals surface area (Å²) in [6.07, 6.45) is 11.5. The van der Waals surface area contributed by atoms with Crippen molar-refractivity contribution >= 4 is 11.8 Å². The molecule has 2 N–H and O–H groups in total. The Balaban J connectivity index is 2.37. The predicted octanol–water partition coefficient (Wildman–Crippen LogP) is 3.56. The molecular weight excluding hydrogens is 332 g/mol. The Labute approximate surface area is 157 Å². The van der Waals surface area contributed by atoms with E-state index in [1.165, 1.54) is 7.11 Å². The first kappa shape index (κ1) is 22.8. The molecule has 1 aliphatic rings. The van der Waals surface area contributed by atoms with Crippen LogP contribution in [0.2, 0.25) is 0 Å². The van der Waals surface area contributed by atoms with Gasteiger partial charge in [0.05, 0.1) is 19.3 Å². The molecule has 1 aliphatic carbocycles. The smallest absolute Gasteiger partial charge is 0.305 e. The predicted molar refractivity (Wildman–Crippen MR) is 102 cm³/mol. The molecular formula is C21H36O5. The van der Waals surface area contributed by atoms with Crippen LogP contribution in [0.4, 0.5) is 0 Å². The molecule has 0 amide bonds. The lowest BCUT2D eigenvalue weighted by molar-refractivity contribution is -0.140. The molecule has 5 heteroatoms. The van der Waals surface area contributed by atoms with Crippen LogP contribution in [0.15, 0.2) is 12.2 Å². The topological polar surface area (TPSA) is 83.8 Å². The Morgan fingerprint density at radius 1 is 1.23 bits per heavy atom. The minimum absolute atomic E-state index is 0.127. The maximum Gasteiger partial charge on any atom is 0.305 e. The third kappa shape index (κ3) is 8.45. The van der Waals surface area contributed by atoms with Crippen LogP contribution in [0.5, 0.6) is 0 Å². The maximum atomic E-state index is 12.2. The summed E-state index contributed by atoms with van der Waals surface area (Å²) < 4.78 is 4.62. The Bertz CT molecular complexity index is 446. The number of carbonyl (C=O) groups excluding carboxylic acids is 2. The van der Waals surface area contributed by atoms with Crippen LogP contribution in [-0.2, 0) is 14.3 Å². The summed E-state index contributed by atoms with van der Waals surface area (Å²) in [4.78, 5) is 23.2. The number of hydrogen-bond donors (Lipinski definition) is 2. The molecule has 0 saturated heterocycles. The molecule has 0 radical (unpaired) electrons. The fourth-order valence-corrected chi connectivity index (χ4v) is 3.64. The highest BCUT2D eigenvalue weighted by Crippen LogP contribution is 2.34. The monoisotopic (exact) mass is 368 g/mol. The van der Waals surface area contributed by atoms with Gasteiger partial charge < -0.3 is 14.9 Å². The quantitative estimate of drug-likeness (QED) is 0.295. The number of ether oxygens (including phenoxy) is 1. The molecule has 0 spiro atoms. The molecule has 26 heavy (non-hydrogen) atoms. The summed E-state index contributed by atoms with van der Waals surface area (Å²) in [6.45, 7) is 2.13. The van der Waals surface area contributed by atoms with Gasteiger partial charge in [0.25, 0.3) is 0 Å². The first-order chi connectivity index (χ1) is 12.5. The largest absolute Gasteiger partial charge is 0.469 e. The van der Waals surface area contributed by atoms with Crippen molar-refractivity contribution < 1.29 is 24.5 Å². The fourth-order valence-electron chi connectivity index (χ4n) is 3.64. The molecule has 1 fully saturated rings. The second-order valence-corrected chi connectivity index (χ2v) is 7.40. The SMILES string of the molecule is CCCCC[C@@H](O)/C=C/[C@H]1[C@H](O)CC(=O)[C@@H]1CCCCCCC(=O)OC. The number of esters is 1. The summed E-state index contributed by atoms with van der Waals surface area (Å²) in [6, 6.07) is 0. The van der Waals surface area contributed by atoms with E-state index in [0.29, 0.717) is 6.42 Å². The molecule has 4 atom stereocenters. The van der Waals surface area contributed by atoms with E-state index in [4.69, 9.17) is 0 Å². The van der Waals surface area contributed by atoms with Crippen LogP contribution in [0.1, 0.15) is 77.6 Å². The Kier molecular flexibility index (Phi) is 11.5. The fraction of sp³-hybridized carbons (Fsp3) is 0.810. The van der Waals surface area contributed by atoms with Crippen molar-refractivity contribution in [3.8, 4) is 0 Å². The summed E-state index contributed by atoms with van der Waals surface area (Å²) in [5.41, 5.74) is 0. The zero-order valence-electron chi connectivity index (χ0n) is 16.4. The third-order valence-corrected chi connectivity index (χ3v) is 5.27. The first-order valence-corrected chi connectivity index (χ1v) is 10.1. The molecule has 0 aromatic heterocycles. The van der Waals surface area contributed by atoms with Crippen LogP contribution >= 0.6 is 0 Å². The van der Waals surface area contributed by atoms with Gasteiger partial charge in [0.15, 0.2) is 0 Å². The third-order valence-electron chi connectivity index (χ3n) is 5.27. The van der Waals surface area contributed by atoms with E-state index in [9.17, 15) is 19.8 Å². The normalized spacial score (nSPS) is 24.3. The number of carbonyl (C=O) groups is 2. The highest BCUT2D eigenvalue weighted by atomic mass is 16.5. The summed E-state index contributed by atoms with van der Waals surface area (Å²) >= 11 is 0. The Morgan fingerprint density at radius 2 is 1.96 bits per heavy atom. The molecule has 0 aromatic carbocycles. The second-order valence-electron chi connectivity index (χ2n) is 7.40. The van der Waals surface area contributed by atoms with Crippen molar-refractivity contribution in [1.29, 1.82) is 0 Å². The molecule has 0 aromatic rings. The van der Waals surface area contributed by atoms with Crippen LogP contribution in [0.3, 0.4) is 0 Å². The van der Waals surface area contributed by atoms with Gasteiger partial charge in [-0.25, -0.2) is 0 Å². The molecule has 0 unspecified atom stereocenters. The van der Waals surface area contributed by atoms with Crippen LogP contribution in [0.25, 0.3) is 0 Å². The average molecular weight is 369 g/mol. The number of methoxy groups -OCH3 is 1. The number of ketones is 1. The van der Waals surface area contributed by atoms with Crippen molar-refractivity contribution in [2.75, 3.05) is 7.11 Å². The highest BCUT2D eigenvalue weighted by Gasteiger charge is 2.39. The van der Waals surface area contributed by atoms with E-state index < -0.39 is 12.2 Å². The van der Waals surface area contributed by atoms with E-state index >= 15 is 0 Å². The molecule has 0 aliphatic heterocycles. The number of hydrogen-bond acceptors (Lipinski definition) is 5. The van der Waals surface area contributed by atoms with Crippen molar-refractivity contribution in [2.24, 2.45) is 11.8 Å². The molecule has 0 heterocycles. The zero-order chi connectivity index (χ0) is 19.4. The van der Waals surface area contributed by atoms with Gasteiger partial charge in [-0.3, -0.25) is 9.59 Å². The molecule has 150 valence electrons. The lowest BCUT2D eigenvalue weighted by Gasteiger charge is -2.18. The summed E-state index contributed by atoms with van der Waals surface area (Å²) in [7, 11) is 1.40. The van der Waals surface area contributed by atoms with E-state index in [1.807, 2.05) is 6.08 Å². The molecule has 0 bridgehead atoms. The maximum absolute atomic E-state index is 12.2. The zero-order valence-corrected chi connectivity index (χ0v) is 16.4. The van der Waals surface area contributed by atoms with Crippen LogP contribution in [0, 0.1) is 11.8 Å². The Hall–Kier alpha value is -1.20. The highest BCUT2D eigenvalue weighted by molar-refractivity contribution is 5.84. The van der Waals surface area contributed by atoms with Gasteiger partial charge in [-0.15, -0.1) is 0 Å². The number of aliphatic hydroxyl groups is 2. The standard InChI is InChI=1S/C21H36O5/c1-3-4-7-10-16(22)13-14-18-17(19(23)15-20(18)24)11-8-5-6-9-12-21(25)26-2/h13-14,16-18,20,22,24H,3-12,15H2,1-2H3/b14-13+/t16-,17-,18-,20-/m1/s1. The van der Waals surface area contributed by atoms with Crippen molar-refractivity contribution in [1.82, 2.24) is 0 Å². The molecule has 1 saturated carbocycles. The lowest BCUT2D eigenvalue weighted by atomic mass is 9.88. The summed E-state index contributed by atoms with van der Waals surface area (Å²) in [5.74, 6) is -0.382. The van der Waals surface area contributed by atoms with Gasteiger partial charge in [-0.05, 0) is 19.3 Å². The van der Waals surface area contributed by atoms with E-state index in [-0.39, 0.29) is 30.0 Å². The van der Waals surface area contributed by atoms with Gasteiger partial charge in [-0.2, -0.15) is 0 Å². The van der Waals surface area contributed by atoms with E-state index in [2.05, 4.69) is 11.7 Å². The van der Waals surface area contributed by atoms with E-state index in [0.717, 1.165) is 57.8 Å². The van der Waals surface area contributed by atoms with Gasteiger partial charge in [-0.1, -0.05) is 57.6 Å². The van der Waals surface area contributed by atoms with Gasteiger partial charge in [0, 0.05) is 24.7 Å². The number of Topliss-reactive ketones (excluding diaryl/α,β-unsaturated/α-hetero) is 1. The van der Waals surface area contributed by atoms with Gasteiger partial charge in [0.1, 0.15) is 5.78 Å². The van der Waals surface area contributed by atoms with Crippen molar-refractivity contribution in [3.05, 3.63) is 12.2 Å². The van der Waals surface area contributed by atoms with Crippen LogP contribution in [-0.4, -0.2) is 41.3 Å².